The Morgan fingerprint density at radius 2 is 1.75 bits per heavy atom. The van der Waals surface area contributed by atoms with E-state index in [0.717, 1.165) is 15.2 Å². The monoisotopic (exact) mass is 368 g/mol. The van der Waals surface area contributed by atoms with E-state index in [9.17, 15) is 0 Å². The summed E-state index contributed by atoms with van der Waals surface area (Å²) in [5.74, 6) is 0.998. The Kier molecular flexibility index (Phi) is 3.78. The van der Waals surface area contributed by atoms with E-state index in [1.54, 1.807) is 0 Å². The van der Waals surface area contributed by atoms with Crippen molar-refractivity contribution in [2.45, 2.75) is 0 Å². The van der Waals surface area contributed by atoms with E-state index in [0.29, 0.717) is 11.5 Å². The third-order valence-corrected chi connectivity index (χ3v) is 4.00. The molecule has 3 aromatic rings. The Hall–Kier alpha value is -1.36. The summed E-state index contributed by atoms with van der Waals surface area (Å²) in [5, 5.41) is 9.90. The van der Waals surface area contributed by atoms with Crippen LogP contribution in [0.3, 0.4) is 0 Å². The summed E-state index contributed by atoms with van der Waals surface area (Å²) in [6.07, 6.45) is 0. The van der Waals surface area contributed by atoms with Gasteiger partial charge in [-0.25, -0.2) is 0 Å². The summed E-state index contributed by atoms with van der Waals surface area (Å²) in [6.45, 7) is 0. The minimum atomic E-state index is 0.162. The van der Waals surface area contributed by atoms with Gasteiger partial charge < -0.3 is 4.74 Å². The highest BCUT2D eigenvalue weighted by atomic mass is 79.9. The van der Waals surface area contributed by atoms with Gasteiger partial charge in [0, 0.05) is 6.07 Å². The van der Waals surface area contributed by atoms with Crippen molar-refractivity contribution < 1.29 is 4.74 Å². The molecule has 20 heavy (non-hydrogen) atoms. The molecule has 3 nitrogen and oxygen atoms in total. The second kappa shape index (κ2) is 5.56. The number of benzene rings is 2. The normalized spacial score (nSPS) is 10.8. The summed E-state index contributed by atoms with van der Waals surface area (Å²) >= 11 is 15.3. The fraction of sp³-hybridized carbons (Fsp3) is 0. The molecule has 0 unspecified atom stereocenters. The van der Waals surface area contributed by atoms with Crippen LogP contribution in [0.15, 0.2) is 46.9 Å². The molecule has 0 aliphatic heterocycles. The van der Waals surface area contributed by atoms with Crippen molar-refractivity contribution in [2.75, 3.05) is 0 Å². The molecule has 2 aromatic carbocycles. The third kappa shape index (κ3) is 2.59. The van der Waals surface area contributed by atoms with Crippen LogP contribution < -0.4 is 4.74 Å². The zero-order valence-electron chi connectivity index (χ0n) is 9.98. The second-order valence-corrected chi connectivity index (χ2v) is 5.56. The lowest BCUT2D eigenvalue weighted by Crippen LogP contribution is -1.91. The molecule has 3 rings (SSSR count). The SMILES string of the molecule is Clc1cc(Oc2ccc3ccccc3c2Br)c(Cl)nn1. The number of rotatable bonds is 2. The predicted octanol–water partition coefficient (Wildman–Crippen LogP) is 5.49. The molecule has 1 aromatic heterocycles. The van der Waals surface area contributed by atoms with E-state index in [2.05, 4.69) is 26.1 Å². The van der Waals surface area contributed by atoms with Crippen LogP contribution in [-0.4, -0.2) is 10.2 Å². The van der Waals surface area contributed by atoms with Gasteiger partial charge in [0.15, 0.2) is 16.1 Å². The first kappa shape index (κ1) is 13.6. The Morgan fingerprint density at radius 1 is 0.950 bits per heavy atom. The molecule has 0 aliphatic carbocycles. The molecule has 0 bridgehead atoms. The van der Waals surface area contributed by atoms with Crippen molar-refractivity contribution >= 4 is 49.9 Å². The number of nitrogens with zero attached hydrogens (tertiary/aromatic N) is 2. The fourth-order valence-corrected chi connectivity index (χ4v) is 2.66. The average molecular weight is 370 g/mol. The maximum Gasteiger partial charge on any atom is 0.194 e. The Balaban J connectivity index is 2.07. The molecule has 0 atom stereocenters. The van der Waals surface area contributed by atoms with Crippen molar-refractivity contribution in [2.24, 2.45) is 0 Å². The highest BCUT2D eigenvalue weighted by Crippen LogP contribution is 2.37. The first-order valence-electron chi connectivity index (χ1n) is 5.69. The molecule has 0 radical (unpaired) electrons. The minimum absolute atomic E-state index is 0.162. The van der Waals surface area contributed by atoms with Gasteiger partial charge >= 0.3 is 0 Å². The van der Waals surface area contributed by atoms with Gasteiger partial charge in [-0.3, -0.25) is 0 Å². The smallest absolute Gasteiger partial charge is 0.194 e. The summed E-state index contributed by atoms with van der Waals surface area (Å²) < 4.78 is 6.61. The van der Waals surface area contributed by atoms with Gasteiger partial charge in [-0.15, -0.1) is 10.2 Å². The van der Waals surface area contributed by atoms with Gasteiger partial charge in [0.1, 0.15) is 5.75 Å². The van der Waals surface area contributed by atoms with E-state index in [1.165, 1.54) is 6.07 Å². The van der Waals surface area contributed by atoms with Gasteiger partial charge in [-0.1, -0.05) is 53.5 Å². The topological polar surface area (TPSA) is 35.0 Å². The molecule has 0 fully saturated rings. The Bertz CT molecular complexity index is 795. The van der Waals surface area contributed by atoms with Gasteiger partial charge in [-0.2, -0.15) is 0 Å². The van der Waals surface area contributed by atoms with Crippen LogP contribution in [0.5, 0.6) is 11.5 Å². The highest BCUT2D eigenvalue weighted by molar-refractivity contribution is 9.10. The maximum absolute atomic E-state index is 5.94. The summed E-state index contributed by atoms with van der Waals surface area (Å²) in [4.78, 5) is 0. The molecule has 0 N–H and O–H groups in total. The van der Waals surface area contributed by atoms with E-state index in [1.807, 2.05) is 36.4 Å². The van der Waals surface area contributed by atoms with Gasteiger partial charge in [0.2, 0.25) is 0 Å². The molecule has 0 saturated heterocycles. The van der Waals surface area contributed by atoms with Crippen LogP contribution in [-0.2, 0) is 0 Å². The van der Waals surface area contributed by atoms with E-state index >= 15 is 0 Å². The van der Waals surface area contributed by atoms with Gasteiger partial charge in [0.25, 0.3) is 0 Å². The number of fused-ring (bicyclic) bond motifs is 1. The molecule has 100 valence electrons. The lowest BCUT2D eigenvalue weighted by molar-refractivity contribution is 0.476. The Morgan fingerprint density at radius 3 is 2.60 bits per heavy atom. The average Bonchev–Trinajstić information content (AvgIpc) is 2.46. The van der Waals surface area contributed by atoms with Crippen LogP contribution in [0.2, 0.25) is 10.3 Å². The lowest BCUT2D eigenvalue weighted by atomic mass is 10.1. The minimum Gasteiger partial charge on any atom is -0.453 e. The van der Waals surface area contributed by atoms with E-state index in [-0.39, 0.29) is 10.3 Å². The van der Waals surface area contributed by atoms with Crippen LogP contribution >= 0.6 is 39.1 Å². The number of ether oxygens (including phenoxy) is 1. The largest absolute Gasteiger partial charge is 0.453 e. The van der Waals surface area contributed by atoms with Crippen molar-refractivity contribution in [3.8, 4) is 11.5 Å². The van der Waals surface area contributed by atoms with Crippen LogP contribution in [0.25, 0.3) is 10.8 Å². The number of hydrogen-bond donors (Lipinski definition) is 0. The van der Waals surface area contributed by atoms with Gasteiger partial charge in [0.05, 0.1) is 4.47 Å². The quantitative estimate of drug-likeness (QED) is 0.598. The molecular weight excluding hydrogens is 363 g/mol. The van der Waals surface area contributed by atoms with E-state index < -0.39 is 0 Å². The Labute approximate surface area is 133 Å². The molecule has 0 amide bonds. The first-order valence-corrected chi connectivity index (χ1v) is 7.24. The second-order valence-electron chi connectivity index (χ2n) is 4.02. The van der Waals surface area contributed by atoms with Gasteiger partial charge in [-0.05, 0) is 32.8 Å². The van der Waals surface area contributed by atoms with Crippen molar-refractivity contribution in [1.82, 2.24) is 10.2 Å². The zero-order chi connectivity index (χ0) is 14.1. The highest BCUT2D eigenvalue weighted by Gasteiger charge is 2.11. The summed E-state index contributed by atoms with van der Waals surface area (Å²) in [6, 6.07) is 13.3. The molecule has 0 aliphatic rings. The zero-order valence-corrected chi connectivity index (χ0v) is 13.1. The number of aromatic nitrogens is 2. The summed E-state index contributed by atoms with van der Waals surface area (Å²) in [5.41, 5.74) is 0. The van der Waals surface area contributed by atoms with Crippen molar-refractivity contribution in [1.29, 1.82) is 0 Å². The molecule has 0 spiro atoms. The predicted molar refractivity (Wildman–Crippen MR) is 83.8 cm³/mol. The molecule has 0 saturated carbocycles. The van der Waals surface area contributed by atoms with E-state index in [4.69, 9.17) is 27.9 Å². The van der Waals surface area contributed by atoms with Crippen molar-refractivity contribution in [3.05, 3.63) is 57.2 Å². The number of halogens is 3. The van der Waals surface area contributed by atoms with Crippen molar-refractivity contribution in [3.63, 3.8) is 0 Å². The number of hydrogen-bond acceptors (Lipinski definition) is 3. The fourth-order valence-electron chi connectivity index (χ4n) is 1.82. The molecule has 6 heteroatoms. The standard InChI is InChI=1S/C14H7BrCl2N2O/c15-13-9-4-2-1-3-8(9)5-6-10(13)20-11-7-12(16)18-19-14(11)17/h1-7H. The first-order chi connectivity index (χ1) is 9.65. The van der Waals surface area contributed by atoms with Crippen LogP contribution in [0.4, 0.5) is 0 Å². The third-order valence-electron chi connectivity index (χ3n) is 2.73. The molecule has 1 heterocycles. The lowest BCUT2D eigenvalue weighted by Gasteiger charge is -2.10. The molecular formula is C14H7BrCl2N2O. The summed E-state index contributed by atoms with van der Waals surface area (Å²) in [7, 11) is 0. The van der Waals surface area contributed by atoms with Crippen LogP contribution in [0, 0.1) is 0 Å². The maximum atomic E-state index is 5.94. The van der Waals surface area contributed by atoms with Crippen LogP contribution in [0.1, 0.15) is 0 Å².